The van der Waals surface area contributed by atoms with Crippen LogP contribution in [0.25, 0.3) is 0 Å². The predicted molar refractivity (Wildman–Crippen MR) is 64.6 cm³/mol. The third-order valence-electron chi connectivity index (χ3n) is 1.98. The minimum absolute atomic E-state index is 1.01. The van der Waals surface area contributed by atoms with Gasteiger partial charge in [0.2, 0.25) is 0 Å². The minimum Gasteiger partial charge on any atom is -0.130 e. The quantitative estimate of drug-likeness (QED) is 0.408. The highest BCUT2D eigenvalue weighted by Gasteiger charge is 1.88. The summed E-state index contributed by atoms with van der Waals surface area (Å²) in [6, 6.07) is 8.42. The molecule has 1 aromatic rings. The minimum atomic E-state index is 1.01. The molecule has 0 N–H and O–H groups in total. The molecule has 74 valence electrons. The molecule has 0 nitrogen and oxygen atoms in total. The number of benzene rings is 1. The Kier molecular flexibility index (Phi) is 5.25. The van der Waals surface area contributed by atoms with E-state index in [9.17, 15) is 0 Å². The van der Waals surface area contributed by atoms with Crippen LogP contribution >= 0.6 is 11.8 Å². The van der Waals surface area contributed by atoms with Gasteiger partial charge in [0.15, 0.2) is 0 Å². The molecule has 0 aliphatic heterocycles. The lowest BCUT2D eigenvalue weighted by Crippen LogP contribution is -1.75. The van der Waals surface area contributed by atoms with Gasteiger partial charge in [-0.25, -0.2) is 0 Å². The van der Waals surface area contributed by atoms with Crippen LogP contribution in [0.2, 0.25) is 0 Å². The van der Waals surface area contributed by atoms with Gasteiger partial charge in [0.25, 0.3) is 0 Å². The largest absolute Gasteiger partial charge is 0.130 e. The lowest BCUT2D eigenvalue weighted by Gasteiger charge is -1.94. The average molecular weight is 204 g/mol. The normalized spacial score (nSPS) is 9.29. The maximum Gasteiger partial charge on any atom is 0.0246 e. The molecule has 1 aromatic carbocycles. The van der Waals surface area contributed by atoms with E-state index in [0.29, 0.717) is 0 Å². The fraction of sp³-hybridized carbons (Fsp3) is 0.385. The lowest BCUT2D eigenvalue weighted by molar-refractivity contribution is 0.828. The molecule has 0 bridgehead atoms. The standard InChI is InChI=1S/C13H16S/c1-3-4-5-6-7-12-8-10-13(14-2)11-9-12/h8-11H,3-5H2,1-2H3. The van der Waals surface area contributed by atoms with Crippen LogP contribution in [-0.2, 0) is 0 Å². The Hall–Kier alpha value is -0.870. The van der Waals surface area contributed by atoms with E-state index >= 15 is 0 Å². The first kappa shape index (κ1) is 11.2. The van der Waals surface area contributed by atoms with Crippen molar-refractivity contribution in [1.29, 1.82) is 0 Å². The Morgan fingerprint density at radius 2 is 1.93 bits per heavy atom. The van der Waals surface area contributed by atoms with Crippen molar-refractivity contribution in [3.05, 3.63) is 29.8 Å². The third-order valence-corrected chi connectivity index (χ3v) is 2.72. The molecule has 0 saturated heterocycles. The molecule has 0 amide bonds. The van der Waals surface area contributed by atoms with Crippen molar-refractivity contribution in [1.82, 2.24) is 0 Å². The van der Waals surface area contributed by atoms with E-state index in [1.807, 2.05) is 0 Å². The molecule has 0 radical (unpaired) electrons. The highest BCUT2D eigenvalue weighted by atomic mass is 32.2. The van der Waals surface area contributed by atoms with E-state index in [4.69, 9.17) is 0 Å². The number of hydrogen-bond donors (Lipinski definition) is 0. The monoisotopic (exact) mass is 204 g/mol. The Labute approximate surface area is 91.1 Å². The molecule has 0 fully saturated rings. The third kappa shape index (κ3) is 3.89. The van der Waals surface area contributed by atoms with E-state index < -0.39 is 0 Å². The SMILES string of the molecule is CCCCC#Cc1ccc(SC)cc1. The number of rotatable bonds is 3. The molecule has 0 unspecified atom stereocenters. The summed E-state index contributed by atoms with van der Waals surface area (Å²) in [4.78, 5) is 1.30. The summed E-state index contributed by atoms with van der Waals surface area (Å²) in [6.45, 7) is 2.19. The van der Waals surface area contributed by atoms with Crippen LogP contribution in [-0.4, -0.2) is 6.26 Å². The zero-order valence-electron chi connectivity index (χ0n) is 8.84. The second kappa shape index (κ2) is 6.56. The number of unbranched alkanes of at least 4 members (excludes halogenated alkanes) is 2. The zero-order chi connectivity index (χ0) is 10.2. The van der Waals surface area contributed by atoms with E-state index in [1.165, 1.54) is 17.7 Å². The van der Waals surface area contributed by atoms with Crippen molar-refractivity contribution in [2.24, 2.45) is 0 Å². The second-order valence-corrected chi connectivity index (χ2v) is 4.01. The van der Waals surface area contributed by atoms with E-state index in [1.54, 1.807) is 11.8 Å². The molecule has 0 heterocycles. The zero-order valence-corrected chi connectivity index (χ0v) is 9.66. The van der Waals surface area contributed by atoms with E-state index in [-0.39, 0.29) is 0 Å². The number of hydrogen-bond acceptors (Lipinski definition) is 1. The first-order valence-electron chi connectivity index (χ1n) is 4.99. The first-order valence-corrected chi connectivity index (χ1v) is 6.22. The molecule has 14 heavy (non-hydrogen) atoms. The molecule has 1 heteroatoms. The molecule has 0 aliphatic rings. The summed E-state index contributed by atoms with van der Waals surface area (Å²) >= 11 is 1.76. The van der Waals surface area contributed by atoms with Gasteiger partial charge in [0.05, 0.1) is 0 Å². The van der Waals surface area contributed by atoms with Gasteiger partial charge in [-0.05, 0) is 36.9 Å². The van der Waals surface area contributed by atoms with Gasteiger partial charge in [-0.3, -0.25) is 0 Å². The Morgan fingerprint density at radius 3 is 2.50 bits per heavy atom. The summed E-state index contributed by atoms with van der Waals surface area (Å²) in [6.07, 6.45) is 5.53. The lowest BCUT2D eigenvalue weighted by atomic mass is 10.2. The van der Waals surface area contributed by atoms with Crippen LogP contribution in [0, 0.1) is 11.8 Å². The van der Waals surface area contributed by atoms with Gasteiger partial charge < -0.3 is 0 Å². The fourth-order valence-corrected chi connectivity index (χ4v) is 1.51. The van der Waals surface area contributed by atoms with Gasteiger partial charge >= 0.3 is 0 Å². The summed E-state index contributed by atoms with van der Waals surface area (Å²) < 4.78 is 0. The molecule has 0 aromatic heterocycles. The topological polar surface area (TPSA) is 0 Å². The Balaban J connectivity index is 2.53. The molecule has 0 aliphatic carbocycles. The summed E-state index contributed by atoms with van der Waals surface area (Å²) in [5.41, 5.74) is 1.12. The molecular weight excluding hydrogens is 188 g/mol. The van der Waals surface area contributed by atoms with Crippen molar-refractivity contribution in [2.75, 3.05) is 6.26 Å². The average Bonchev–Trinajstić information content (AvgIpc) is 2.25. The molecular formula is C13H16S. The van der Waals surface area contributed by atoms with Crippen LogP contribution in [0.3, 0.4) is 0 Å². The predicted octanol–water partition coefficient (Wildman–Crippen LogP) is 3.95. The van der Waals surface area contributed by atoms with Gasteiger partial charge in [-0.1, -0.05) is 25.2 Å². The number of thioether (sulfide) groups is 1. The van der Waals surface area contributed by atoms with Gasteiger partial charge in [0, 0.05) is 16.9 Å². The van der Waals surface area contributed by atoms with Crippen LogP contribution in [0.15, 0.2) is 29.2 Å². The van der Waals surface area contributed by atoms with Crippen LogP contribution in [0.1, 0.15) is 31.7 Å². The summed E-state index contributed by atoms with van der Waals surface area (Å²) in [5, 5.41) is 0. The van der Waals surface area contributed by atoms with E-state index in [0.717, 1.165) is 12.0 Å². The highest BCUT2D eigenvalue weighted by molar-refractivity contribution is 7.98. The molecule has 0 atom stereocenters. The van der Waals surface area contributed by atoms with Gasteiger partial charge in [-0.2, -0.15) is 0 Å². The van der Waals surface area contributed by atoms with Crippen LogP contribution in [0.4, 0.5) is 0 Å². The first-order chi connectivity index (χ1) is 6.86. The Bertz CT molecular complexity index is 313. The maximum absolute atomic E-state index is 3.18. The molecule has 0 spiro atoms. The van der Waals surface area contributed by atoms with Crippen molar-refractivity contribution < 1.29 is 0 Å². The molecule has 1 rings (SSSR count). The maximum atomic E-state index is 3.18. The summed E-state index contributed by atoms with van der Waals surface area (Å²) in [7, 11) is 0. The van der Waals surface area contributed by atoms with E-state index in [2.05, 4.69) is 49.3 Å². The Morgan fingerprint density at radius 1 is 1.21 bits per heavy atom. The van der Waals surface area contributed by atoms with Crippen LogP contribution < -0.4 is 0 Å². The second-order valence-electron chi connectivity index (χ2n) is 3.13. The van der Waals surface area contributed by atoms with Crippen molar-refractivity contribution >= 4 is 11.8 Å². The smallest absolute Gasteiger partial charge is 0.0246 e. The van der Waals surface area contributed by atoms with Gasteiger partial charge in [0.1, 0.15) is 0 Å². The highest BCUT2D eigenvalue weighted by Crippen LogP contribution is 2.14. The fourth-order valence-electron chi connectivity index (χ4n) is 1.10. The van der Waals surface area contributed by atoms with Crippen molar-refractivity contribution in [3.8, 4) is 11.8 Å². The van der Waals surface area contributed by atoms with Crippen LogP contribution in [0.5, 0.6) is 0 Å². The summed E-state index contributed by atoms with van der Waals surface area (Å²) in [5.74, 6) is 6.35. The van der Waals surface area contributed by atoms with Gasteiger partial charge in [-0.15, -0.1) is 11.8 Å². The van der Waals surface area contributed by atoms with Crippen molar-refractivity contribution in [3.63, 3.8) is 0 Å². The van der Waals surface area contributed by atoms with Crippen molar-refractivity contribution in [2.45, 2.75) is 31.1 Å². The molecule has 0 saturated carbocycles.